The van der Waals surface area contributed by atoms with Gasteiger partial charge in [0.15, 0.2) is 5.82 Å². The fourth-order valence-corrected chi connectivity index (χ4v) is 1.84. The molecule has 0 spiro atoms. The van der Waals surface area contributed by atoms with Crippen molar-refractivity contribution < 1.29 is 0 Å². The summed E-state index contributed by atoms with van der Waals surface area (Å²) in [4.78, 5) is 4.21. The molecule has 19 heavy (non-hydrogen) atoms. The van der Waals surface area contributed by atoms with Crippen molar-refractivity contribution in [3.05, 3.63) is 66.6 Å². The maximum Gasteiger partial charge on any atom is 0.154 e. The van der Waals surface area contributed by atoms with Crippen LogP contribution in [0.2, 0.25) is 0 Å². The number of benzene rings is 1. The molecule has 90 valence electrons. The molecule has 0 atom stereocenters. The fraction of sp³-hybridized carbons (Fsp3) is 0. The summed E-state index contributed by atoms with van der Waals surface area (Å²) >= 11 is 0. The lowest BCUT2D eigenvalue weighted by molar-refractivity contribution is 0.844. The van der Waals surface area contributed by atoms with Gasteiger partial charge in [0.05, 0.1) is 6.20 Å². The zero-order valence-corrected chi connectivity index (χ0v) is 10.1. The van der Waals surface area contributed by atoms with Crippen molar-refractivity contribution in [2.24, 2.45) is 0 Å². The number of pyridine rings is 1. The molecule has 0 fully saturated rings. The molecule has 3 aromatic rings. The quantitative estimate of drug-likeness (QED) is 0.698. The molecular formula is C15H10N4. The van der Waals surface area contributed by atoms with Crippen LogP contribution in [0.3, 0.4) is 0 Å². The van der Waals surface area contributed by atoms with E-state index in [9.17, 15) is 0 Å². The Kier molecular flexibility index (Phi) is 2.79. The van der Waals surface area contributed by atoms with Gasteiger partial charge in [-0.05, 0) is 17.7 Å². The summed E-state index contributed by atoms with van der Waals surface area (Å²) in [6.45, 7) is 0. The summed E-state index contributed by atoms with van der Waals surface area (Å²) in [7, 11) is 0. The normalized spacial score (nSPS) is 10.1. The van der Waals surface area contributed by atoms with Gasteiger partial charge in [-0.15, -0.1) is 0 Å². The highest BCUT2D eigenvalue weighted by Crippen LogP contribution is 2.18. The highest BCUT2D eigenvalue weighted by molar-refractivity contribution is 5.61. The molecule has 0 saturated heterocycles. The van der Waals surface area contributed by atoms with Gasteiger partial charge in [-0.25, -0.2) is 9.67 Å². The standard InChI is InChI=1S/C15H10N4/c16-9-14-7-4-8-15(18-14)19-11-13(10-17-19)12-5-2-1-3-6-12/h1-8,10-11H. The lowest BCUT2D eigenvalue weighted by Gasteiger charge is -1.99. The summed E-state index contributed by atoms with van der Waals surface area (Å²) < 4.78 is 1.67. The number of hydrogen-bond donors (Lipinski definition) is 0. The molecule has 3 rings (SSSR count). The van der Waals surface area contributed by atoms with Crippen LogP contribution in [-0.2, 0) is 0 Å². The first-order valence-corrected chi connectivity index (χ1v) is 5.84. The van der Waals surface area contributed by atoms with Crippen molar-refractivity contribution in [3.63, 3.8) is 0 Å². The molecule has 0 unspecified atom stereocenters. The van der Waals surface area contributed by atoms with Crippen molar-refractivity contribution in [2.45, 2.75) is 0 Å². The SMILES string of the molecule is N#Cc1cccc(-n2cc(-c3ccccc3)cn2)n1. The summed E-state index contributed by atoms with van der Waals surface area (Å²) in [5, 5.41) is 13.1. The van der Waals surface area contributed by atoms with Crippen LogP contribution in [0.15, 0.2) is 60.9 Å². The Labute approximate surface area is 110 Å². The number of nitrogens with zero attached hydrogens (tertiary/aromatic N) is 4. The maximum atomic E-state index is 8.85. The Morgan fingerprint density at radius 3 is 2.58 bits per heavy atom. The monoisotopic (exact) mass is 246 g/mol. The van der Waals surface area contributed by atoms with Crippen molar-refractivity contribution >= 4 is 0 Å². The summed E-state index contributed by atoms with van der Waals surface area (Å²) in [6, 6.07) is 17.3. The zero-order valence-electron chi connectivity index (χ0n) is 10.1. The molecule has 0 saturated carbocycles. The Morgan fingerprint density at radius 2 is 1.79 bits per heavy atom. The van der Waals surface area contributed by atoms with Crippen LogP contribution in [0.4, 0.5) is 0 Å². The van der Waals surface area contributed by atoms with E-state index in [-0.39, 0.29) is 0 Å². The van der Waals surface area contributed by atoms with Crippen LogP contribution < -0.4 is 0 Å². The van der Waals surface area contributed by atoms with E-state index in [2.05, 4.69) is 10.1 Å². The number of aromatic nitrogens is 3. The van der Waals surface area contributed by atoms with Gasteiger partial charge in [0.2, 0.25) is 0 Å². The van der Waals surface area contributed by atoms with E-state index in [1.54, 1.807) is 23.0 Å². The van der Waals surface area contributed by atoms with Gasteiger partial charge >= 0.3 is 0 Å². The summed E-state index contributed by atoms with van der Waals surface area (Å²) in [6.07, 6.45) is 3.69. The zero-order chi connectivity index (χ0) is 13.1. The first-order chi connectivity index (χ1) is 9.36. The van der Waals surface area contributed by atoms with E-state index in [1.165, 1.54) is 0 Å². The fourth-order valence-electron chi connectivity index (χ4n) is 1.84. The van der Waals surface area contributed by atoms with Crippen molar-refractivity contribution in [1.29, 1.82) is 5.26 Å². The minimum absolute atomic E-state index is 0.384. The third-order valence-corrected chi connectivity index (χ3v) is 2.77. The Morgan fingerprint density at radius 1 is 0.947 bits per heavy atom. The van der Waals surface area contributed by atoms with Gasteiger partial charge < -0.3 is 0 Å². The molecule has 2 aromatic heterocycles. The second kappa shape index (κ2) is 4.75. The van der Waals surface area contributed by atoms with Crippen molar-refractivity contribution in [2.75, 3.05) is 0 Å². The van der Waals surface area contributed by atoms with E-state index in [4.69, 9.17) is 5.26 Å². The Balaban J connectivity index is 2.00. The Hall–Kier alpha value is -2.93. The predicted molar refractivity (Wildman–Crippen MR) is 71.5 cm³/mol. The number of hydrogen-bond acceptors (Lipinski definition) is 3. The van der Waals surface area contributed by atoms with Gasteiger partial charge in [0.1, 0.15) is 11.8 Å². The van der Waals surface area contributed by atoms with Gasteiger partial charge in [-0.2, -0.15) is 10.4 Å². The molecular weight excluding hydrogens is 236 g/mol. The molecule has 0 N–H and O–H groups in total. The van der Waals surface area contributed by atoms with E-state index in [0.717, 1.165) is 11.1 Å². The Bertz CT molecular complexity index is 738. The van der Waals surface area contributed by atoms with E-state index in [1.807, 2.05) is 48.7 Å². The van der Waals surface area contributed by atoms with Gasteiger partial charge in [-0.1, -0.05) is 36.4 Å². The van der Waals surface area contributed by atoms with Crippen LogP contribution >= 0.6 is 0 Å². The highest BCUT2D eigenvalue weighted by atomic mass is 15.3. The van der Waals surface area contributed by atoms with Gasteiger partial charge in [0.25, 0.3) is 0 Å². The average Bonchev–Trinajstić information content (AvgIpc) is 2.98. The van der Waals surface area contributed by atoms with Crippen molar-refractivity contribution in [3.8, 4) is 23.0 Å². The lowest BCUT2D eigenvalue weighted by atomic mass is 10.1. The van der Waals surface area contributed by atoms with E-state index >= 15 is 0 Å². The first-order valence-electron chi connectivity index (χ1n) is 5.84. The molecule has 1 aromatic carbocycles. The molecule has 0 bridgehead atoms. The summed E-state index contributed by atoms with van der Waals surface area (Å²) in [5.41, 5.74) is 2.50. The first kappa shape index (κ1) is 11.2. The topological polar surface area (TPSA) is 54.5 Å². The molecule has 0 aliphatic rings. The lowest BCUT2D eigenvalue weighted by Crippen LogP contribution is -1.98. The third-order valence-electron chi connectivity index (χ3n) is 2.77. The molecule has 0 aliphatic heterocycles. The minimum atomic E-state index is 0.384. The van der Waals surface area contributed by atoms with Crippen LogP contribution in [0.25, 0.3) is 16.9 Å². The molecule has 2 heterocycles. The second-order valence-corrected chi connectivity index (χ2v) is 4.03. The van der Waals surface area contributed by atoms with Crippen LogP contribution in [0.5, 0.6) is 0 Å². The molecule has 0 aliphatic carbocycles. The van der Waals surface area contributed by atoms with Crippen LogP contribution in [0, 0.1) is 11.3 Å². The maximum absolute atomic E-state index is 8.85. The third kappa shape index (κ3) is 2.22. The molecule has 0 amide bonds. The minimum Gasteiger partial charge on any atom is -0.222 e. The van der Waals surface area contributed by atoms with Crippen LogP contribution in [-0.4, -0.2) is 14.8 Å². The molecule has 0 radical (unpaired) electrons. The highest BCUT2D eigenvalue weighted by Gasteiger charge is 2.04. The largest absolute Gasteiger partial charge is 0.222 e. The van der Waals surface area contributed by atoms with Crippen molar-refractivity contribution in [1.82, 2.24) is 14.8 Å². The average molecular weight is 246 g/mol. The van der Waals surface area contributed by atoms with E-state index < -0.39 is 0 Å². The molecule has 4 heteroatoms. The predicted octanol–water partition coefficient (Wildman–Crippen LogP) is 2.81. The number of nitriles is 1. The van der Waals surface area contributed by atoms with Gasteiger partial charge in [0, 0.05) is 11.8 Å². The number of rotatable bonds is 2. The van der Waals surface area contributed by atoms with Gasteiger partial charge in [-0.3, -0.25) is 0 Å². The smallest absolute Gasteiger partial charge is 0.154 e. The summed E-state index contributed by atoms with van der Waals surface area (Å²) in [5.74, 6) is 0.640. The second-order valence-electron chi connectivity index (χ2n) is 4.03. The molecule has 4 nitrogen and oxygen atoms in total. The van der Waals surface area contributed by atoms with E-state index in [0.29, 0.717) is 11.5 Å². The van der Waals surface area contributed by atoms with Crippen LogP contribution in [0.1, 0.15) is 5.69 Å².